The quantitative estimate of drug-likeness (QED) is 0.0658. The highest BCUT2D eigenvalue weighted by atomic mass is 16.6. The van der Waals surface area contributed by atoms with Crippen molar-refractivity contribution in [1.82, 2.24) is 0 Å². The Hall–Kier alpha value is -1.54. The van der Waals surface area contributed by atoms with E-state index in [1.54, 1.807) is 0 Å². The lowest BCUT2D eigenvalue weighted by molar-refractivity contribution is -0.150. The Balaban J connectivity index is 3.14. The molecular formula is C35H68O16. The van der Waals surface area contributed by atoms with Crippen LogP contribution in [0.15, 0.2) is 0 Å². The molecule has 0 heterocycles. The minimum atomic E-state index is -0.411. The second-order valence-electron chi connectivity index (χ2n) is 10.8. The smallest absolute Gasteiger partial charge is 0.331 e. The molecule has 0 aliphatic carbocycles. The van der Waals surface area contributed by atoms with Gasteiger partial charge in [-0.2, -0.15) is 0 Å². The fourth-order valence-corrected chi connectivity index (χ4v) is 3.89. The van der Waals surface area contributed by atoms with Gasteiger partial charge in [0.15, 0.2) is 0 Å². The molecule has 0 bridgehead atoms. The molecule has 0 rings (SSSR count). The zero-order chi connectivity index (χ0) is 37.1. The first-order valence-electron chi connectivity index (χ1n) is 18.3. The van der Waals surface area contributed by atoms with Gasteiger partial charge in [-0.15, -0.1) is 0 Å². The van der Waals surface area contributed by atoms with Crippen molar-refractivity contribution < 1.29 is 75.9 Å². The first-order chi connectivity index (χ1) is 25.2. The van der Waals surface area contributed by atoms with Gasteiger partial charge in [0.1, 0.15) is 13.2 Å². The summed E-state index contributed by atoms with van der Waals surface area (Å²) in [6.45, 7) is 14.9. The van der Waals surface area contributed by atoms with Crippen LogP contribution < -0.4 is 0 Å². The summed E-state index contributed by atoms with van der Waals surface area (Å²) in [5.41, 5.74) is 0. The molecule has 0 aromatic heterocycles. The lowest BCUT2D eigenvalue weighted by Gasteiger charge is -2.13. The molecule has 16 heteroatoms. The third kappa shape index (κ3) is 39.5. The van der Waals surface area contributed by atoms with Crippen molar-refractivity contribution in [2.75, 3.05) is 172 Å². The van der Waals surface area contributed by atoms with E-state index in [4.69, 9.17) is 61.6 Å². The summed E-state index contributed by atoms with van der Waals surface area (Å²) in [6.07, 6.45) is 3.82. The van der Waals surface area contributed by atoms with E-state index in [2.05, 4.69) is 11.7 Å². The van der Waals surface area contributed by atoms with Crippen LogP contribution in [0.5, 0.6) is 0 Å². The molecule has 0 fully saturated rings. The van der Waals surface area contributed by atoms with Crippen LogP contribution in [0, 0.1) is 5.92 Å². The minimum Gasteiger partial charge on any atom is -0.467 e. The van der Waals surface area contributed by atoms with E-state index in [1.807, 2.05) is 6.92 Å². The number of hydrogen-bond donors (Lipinski definition) is 0. The molecule has 0 saturated heterocycles. The van der Waals surface area contributed by atoms with Crippen LogP contribution in [0.3, 0.4) is 0 Å². The maximum atomic E-state index is 12.0. The SMILES string of the molecule is CCCCC(CC)C(=O)OCCOCCOCCOCCOCCOCCOCCOCCOCCOCCOCCOCCOCC(=O)OC. The monoisotopic (exact) mass is 744 g/mol. The van der Waals surface area contributed by atoms with Gasteiger partial charge in [-0.25, -0.2) is 4.79 Å². The average molecular weight is 745 g/mol. The van der Waals surface area contributed by atoms with Crippen molar-refractivity contribution in [3.05, 3.63) is 0 Å². The van der Waals surface area contributed by atoms with Crippen LogP contribution in [-0.2, 0) is 75.9 Å². The van der Waals surface area contributed by atoms with Crippen LogP contribution in [0.1, 0.15) is 39.5 Å². The number of esters is 2. The minimum absolute atomic E-state index is 0.00843. The van der Waals surface area contributed by atoms with Crippen LogP contribution in [0.25, 0.3) is 0 Å². The molecule has 0 aliphatic rings. The molecule has 51 heavy (non-hydrogen) atoms. The van der Waals surface area contributed by atoms with Crippen molar-refractivity contribution in [3.8, 4) is 0 Å². The van der Waals surface area contributed by atoms with E-state index in [1.165, 1.54) is 7.11 Å². The van der Waals surface area contributed by atoms with Crippen LogP contribution in [0.4, 0.5) is 0 Å². The molecule has 0 amide bonds. The third-order valence-electron chi connectivity index (χ3n) is 6.74. The molecule has 0 aromatic carbocycles. The first-order valence-corrected chi connectivity index (χ1v) is 18.3. The molecule has 0 spiro atoms. The molecule has 0 radical (unpaired) electrons. The highest BCUT2D eigenvalue weighted by Gasteiger charge is 2.17. The molecule has 1 unspecified atom stereocenters. The highest BCUT2D eigenvalue weighted by Crippen LogP contribution is 2.14. The summed E-state index contributed by atoms with van der Waals surface area (Å²) >= 11 is 0. The van der Waals surface area contributed by atoms with E-state index >= 15 is 0 Å². The Labute approximate surface area is 305 Å². The average Bonchev–Trinajstić information content (AvgIpc) is 3.14. The summed E-state index contributed by atoms with van der Waals surface area (Å²) in [7, 11) is 1.31. The Morgan fingerprint density at radius 1 is 0.412 bits per heavy atom. The fourth-order valence-electron chi connectivity index (χ4n) is 3.89. The second-order valence-corrected chi connectivity index (χ2v) is 10.8. The van der Waals surface area contributed by atoms with Gasteiger partial charge in [0, 0.05) is 0 Å². The topological polar surface area (TPSA) is 163 Å². The van der Waals surface area contributed by atoms with Gasteiger partial charge in [-0.3, -0.25) is 4.79 Å². The Morgan fingerprint density at radius 2 is 0.686 bits per heavy atom. The predicted molar refractivity (Wildman–Crippen MR) is 186 cm³/mol. The van der Waals surface area contributed by atoms with Gasteiger partial charge in [-0.1, -0.05) is 26.7 Å². The van der Waals surface area contributed by atoms with E-state index in [-0.39, 0.29) is 25.1 Å². The summed E-state index contributed by atoms with van der Waals surface area (Å²) in [5.74, 6) is -0.544. The van der Waals surface area contributed by atoms with Crippen molar-refractivity contribution in [1.29, 1.82) is 0 Å². The van der Waals surface area contributed by atoms with Gasteiger partial charge in [-0.05, 0) is 12.8 Å². The number of carbonyl (C=O) groups excluding carboxylic acids is 2. The van der Waals surface area contributed by atoms with Gasteiger partial charge in [0.2, 0.25) is 0 Å². The summed E-state index contributed by atoms with van der Waals surface area (Å²) in [6, 6.07) is 0. The van der Waals surface area contributed by atoms with E-state index in [9.17, 15) is 9.59 Å². The largest absolute Gasteiger partial charge is 0.467 e. The number of rotatable bonds is 43. The van der Waals surface area contributed by atoms with E-state index < -0.39 is 5.97 Å². The summed E-state index contributed by atoms with van der Waals surface area (Å²) < 4.78 is 74.8. The molecule has 304 valence electrons. The Bertz CT molecular complexity index is 717. The molecule has 0 aromatic rings. The number of ether oxygens (including phenoxy) is 14. The van der Waals surface area contributed by atoms with Crippen LogP contribution >= 0.6 is 0 Å². The zero-order valence-corrected chi connectivity index (χ0v) is 31.6. The molecule has 0 aliphatic heterocycles. The first kappa shape index (κ1) is 49.5. The third-order valence-corrected chi connectivity index (χ3v) is 6.74. The highest BCUT2D eigenvalue weighted by molar-refractivity contribution is 5.72. The summed E-state index contributed by atoms with van der Waals surface area (Å²) in [5, 5.41) is 0. The molecule has 1 atom stereocenters. The lowest BCUT2D eigenvalue weighted by atomic mass is 10.00. The Kier molecular flexibility index (Phi) is 41.6. The second kappa shape index (κ2) is 42.9. The number of carbonyl (C=O) groups is 2. The van der Waals surface area contributed by atoms with Crippen molar-refractivity contribution in [3.63, 3.8) is 0 Å². The lowest BCUT2D eigenvalue weighted by Crippen LogP contribution is -2.20. The Morgan fingerprint density at radius 3 is 0.941 bits per heavy atom. The predicted octanol–water partition coefficient (Wildman–Crippen LogP) is 2.12. The van der Waals surface area contributed by atoms with Gasteiger partial charge < -0.3 is 66.3 Å². The van der Waals surface area contributed by atoms with Crippen LogP contribution in [0.2, 0.25) is 0 Å². The van der Waals surface area contributed by atoms with Crippen molar-refractivity contribution in [2.24, 2.45) is 5.92 Å². The molecular weight excluding hydrogens is 676 g/mol. The van der Waals surface area contributed by atoms with Crippen molar-refractivity contribution >= 4 is 11.9 Å². The van der Waals surface area contributed by atoms with Gasteiger partial charge in [0.05, 0.1) is 165 Å². The number of methoxy groups -OCH3 is 1. The maximum Gasteiger partial charge on any atom is 0.331 e. The zero-order valence-electron chi connectivity index (χ0n) is 31.6. The normalized spacial score (nSPS) is 12.0. The van der Waals surface area contributed by atoms with Crippen LogP contribution in [-0.4, -0.2) is 184 Å². The molecule has 16 nitrogen and oxygen atoms in total. The van der Waals surface area contributed by atoms with Gasteiger partial charge in [0.25, 0.3) is 0 Å². The molecule has 0 saturated carbocycles. The maximum absolute atomic E-state index is 12.0. The van der Waals surface area contributed by atoms with E-state index in [0.717, 1.165) is 25.7 Å². The van der Waals surface area contributed by atoms with Crippen molar-refractivity contribution in [2.45, 2.75) is 39.5 Å². The number of hydrogen-bond acceptors (Lipinski definition) is 16. The molecule has 0 N–H and O–H groups in total. The van der Waals surface area contributed by atoms with E-state index in [0.29, 0.717) is 152 Å². The standard InChI is InChI=1S/C35H68O16/c1-4-6-7-33(5-2)35(37)51-31-30-49-27-26-47-23-22-45-19-18-43-15-14-41-11-10-39-8-9-40-12-13-42-16-17-44-20-21-46-24-25-48-28-29-50-32-34(36)38-3/h33H,4-32H2,1-3H3. The number of unbranched alkanes of at least 4 members (excludes halogenated alkanes) is 1. The summed E-state index contributed by atoms with van der Waals surface area (Å²) in [4.78, 5) is 22.9. The fraction of sp³-hybridized carbons (Fsp3) is 0.943. The van der Waals surface area contributed by atoms with Gasteiger partial charge >= 0.3 is 11.9 Å².